The van der Waals surface area contributed by atoms with E-state index in [9.17, 15) is 9.59 Å². The standard InChI is InChI=1S/C26H37N3O4/c1-20(2)25(26(31)28-14-16-33-18-17-32-15-13-27)29(3)24(30)19-21-9-11-23(12-10-21)22-7-5-4-6-8-22/h4-12,20,25H,13-19,27H2,1-3H3,(H,28,31). The Bertz CT molecular complexity index is 840. The number of carbonyl (C=O) groups is 2. The van der Waals surface area contributed by atoms with E-state index in [1.54, 1.807) is 11.9 Å². The molecule has 180 valence electrons. The number of carbonyl (C=O) groups excluding carboxylic acids is 2. The molecule has 0 aromatic heterocycles. The molecule has 1 unspecified atom stereocenters. The highest BCUT2D eigenvalue weighted by Crippen LogP contribution is 2.20. The molecule has 33 heavy (non-hydrogen) atoms. The van der Waals surface area contributed by atoms with E-state index >= 15 is 0 Å². The van der Waals surface area contributed by atoms with E-state index in [2.05, 4.69) is 17.4 Å². The Balaban J connectivity index is 1.84. The van der Waals surface area contributed by atoms with Crippen molar-refractivity contribution in [1.29, 1.82) is 0 Å². The van der Waals surface area contributed by atoms with E-state index < -0.39 is 6.04 Å². The van der Waals surface area contributed by atoms with Crippen molar-refractivity contribution in [1.82, 2.24) is 10.2 Å². The van der Waals surface area contributed by atoms with Gasteiger partial charge in [-0.3, -0.25) is 9.59 Å². The SMILES string of the molecule is CC(C)C(C(=O)NCCOCCOCCN)N(C)C(=O)Cc1ccc(-c2ccccc2)cc1. The zero-order valence-electron chi connectivity index (χ0n) is 20.0. The fourth-order valence-electron chi connectivity index (χ4n) is 3.58. The van der Waals surface area contributed by atoms with Crippen molar-refractivity contribution >= 4 is 11.8 Å². The van der Waals surface area contributed by atoms with E-state index in [0.29, 0.717) is 39.5 Å². The predicted molar refractivity (Wildman–Crippen MR) is 131 cm³/mol. The molecular formula is C26H37N3O4. The van der Waals surface area contributed by atoms with Gasteiger partial charge in [-0.05, 0) is 22.6 Å². The maximum atomic E-state index is 12.9. The fraction of sp³-hybridized carbons (Fsp3) is 0.462. The van der Waals surface area contributed by atoms with Crippen LogP contribution in [0.4, 0.5) is 0 Å². The predicted octanol–water partition coefficient (Wildman–Crippen LogP) is 2.49. The van der Waals surface area contributed by atoms with Gasteiger partial charge in [0.15, 0.2) is 0 Å². The largest absolute Gasteiger partial charge is 0.378 e. The van der Waals surface area contributed by atoms with Crippen LogP contribution in [0.5, 0.6) is 0 Å². The van der Waals surface area contributed by atoms with Gasteiger partial charge in [0.05, 0.1) is 32.8 Å². The first-order chi connectivity index (χ1) is 15.9. The van der Waals surface area contributed by atoms with E-state index in [1.165, 1.54) is 0 Å². The molecule has 2 aromatic rings. The number of hydrogen-bond donors (Lipinski definition) is 2. The molecule has 0 aliphatic heterocycles. The summed E-state index contributed by atoms with van der Waals surface area (Å²) in [5.74, 6) is -0.294. The molecule has 0 spiro atoms. The number of benzene rings is 2. The van der Waals surface area contributed by atoms with Crippen LogP contribution in [0.25, 0.3) is 11.1 Å². The van der Waals surface area contributed by atoms with Gasteiger partial charge in [0, 0.05) is 20.1 Å². The number of nitrogens with one attached hydrogen (secondary N) is 1. The van der Waals surface area contributed by atoms with Crippen molar-refractivity contribution in [2.75, 3.05) is 46.6 Å². The van der Waals surface area contributed by atoms with Gasteiger partial charge in [-0.1, -0.05) is 68.4 Å². The molecule has 0 fully saturated rings. The Morgan fingerprint density at radius 2 is 1.52 bits per heavy atom. The van der Waals surface area contributed by atoms with Crippen molar-refractivity contribution in [2.24, 2.45) is 11.7 Å². The summed E-state index contributed by atoms with van der Waals surface area (Å²) in [5.41, 5.74) is 8.51. The summed E-state index contributed by atoms with van der Waals surface area (Å²) >= 11 is 0. The van der Waals surface area contributed by atoms with Crippen LogP contribution < -0.4 is 11.1 Å². The molecule has 0 saturated heterocycles. The summed E-state index contributed by atoms with van der Waals surface area (Å²) in [6.45, 7) is 6.55. The molecule has 0 saturated carbocycles. The van der Waals surface area contributed by atoms with Crippen LogP contribution in [-0.4, -0.2) is 69.3 Å². The number of rotatable bonds is 14. The summed E-state index contributed by atoms with van der Waals surface area (Å²) in [5, 5.41) is 2.87. The monoisotopic (exact) mass is 455 g/mol. The van der Waals surface area contributed by atoms with Gasteiger partial charge in [-0.25, -0.2) is 0 Å². The van der Waals surface area contributed by atoms with Gasteiger partial charge < -0.3 is 25.4 Å². The van der Waals surface area contributed by atoms with E-state index in [-0.39, 0.29) is 24.2 Å². The Hall–Kier alpha value is -2.74. The van der Waals surface area contributed by atoms with Crippen molar-refractivity contribution < 1.29 is 19.1 Å². The molecular weight excluding hydrogens is 418 g/mol. The van der Waals surface area contributed by atoms with Gasteiger partial charge in [0.1, 0.15) is 6.04 Å². The molecule has 0 radical (unpaired) electrons. The molecule has 3 N–H and O–H groups in total. The van der Waals surface area contributed by atoms with Crippen LogP contribution in [0.3, 0.4) is 0 Å². The summed E-state index contributed by atoms with van der Waals surface area (Å²) in [7, 11) is 1.69. The fourth-order valence-corrected chi connectivity index (χ4v) is 3.58. The first kappa shape index (κ1) is 26.5. The summed E-state index contributed by atoms with van der Waals surface area (Å²) in [6, 6.07) is 17.5. The molecule has 2 aromatic carbocycles. The average molecular weight is 456 g/mol. The summed E-state index contributed by atoms with van der Waals surface area (Å²) in [6.07, 6.45) is 0.244. The zero-order chi connectivity index (χ0) is 24.1. The van der Waals surface area contributed by atoms with Crippen LogP contribution >= 0.6 is 0 Å². The van der Waals surface area contributed by atoms with Crippen LogP contribution in [0.2, 0.25) is 0 Å². The molecule has 7 nitrogen and oxygen atoms in total. The second-order valence-electron chi connectivity index (χ2n) is 8.24. The lowest BCUT2D eigenvalue weighted by Gasteiger charge is -2.30. The van der Waals surface area contributed by atoms with Crippen LogP contribution in [-0.2, 0) is 25.5 Å². The van der Waals surface area contributed by atoms with E-state index in [0.717, 1.165) is 16.7 Å². The molecule has 0 bridgehead atoms. The number of likely N-dealkylation sites (N-methyl/N-ethyl adjacent to an activating group) is 1. The Morgan fingerprint density at radius 1 is 0.909 bits per heavy atom. The lowest BCUT2D eigenvalue weighted by Crippen LogP contribution is -2.51. The third-order valence-corrected chi connectivity index (χ3v) is 5.31. The van der Waals surface area contributed by atoms with Crippen molar-refractivity contribution in [3.05, 3.63) is 60.2 Å². The normalized spacial score (nSPS) is 11.9. The molecule has 0 aliphatic rings. The lowest BCUT2D eigenvalue weighted by atomic mass is 10.00. The second-order valence-corrected chi connectivity index (χ2v) is 8.24. The molecule has 7 heteroatoms. The van der Waals surface area contributed by atoms with Crippen LogP contribution in [0, 0.1) is 5.92 Å². The van der Waals surface area contributed by atoms with Gasteiger partial charge >= 0.3 is 0 Å². The smallest absolute Gasteiger partial charge is 0.243 e. The highest BCUT2D eigenvalue weighted by atomic mass is 16.5. The summed E-state index contributed by atoms with van der Waals surface area (Å²) < 4.78 is 10.7. The third-order valence-electron chi connectivity index (χ3n) is 5.31. The first-order valence-electron chi connectivity index (χ1n) is 11.5. The van der Waals surface area contributed by atoms with E-state index in [1.807, 2.05) is 56.3 Å². The average Bonchev–Trinajstić information content (AvgIpc) is 2.81. The van der Waals surface area contributed by atoms with Gasteiger partial charge in [-0.15, -0.1) is 0 Å². The number of ether oxygens (including phenoxy) is 2. The summed E-state index contributed by atoms with van der Waals surface area (Å²) in [4.78, 5) is 27.2. The number of amides is 2. The number of nitrogens with zero attached hydrogens (tertiary/aromatic N) is 1. The molecule has 1 atom stereocenters. The molecule has 0 aliphatic carbocycles. The highest BCUT2D eigenvalue weighted by molar-refractivity contribution is 5.88. The minimum Gasteiger partial charge on any atom is -0.378 e. The lowest BCUT2D eigenvalue weighted by molar-refractivity contribution is -0.140. The second kappa shape index (κ2) is 14.4. The molecule has 0 heterocycles. The maximum Gasteiger partial charge on any atom is 0.243 e. The Labute approximate surface area is 197 Å². The minimum absolute atomic E-state index is 0.0232. The molecule has 2 rings (SSSR count). The van der Waals surface area contributed by atoms with Gasteiger partial charge in [0.2, 0.25) is 11.8 Å². The first-order valence-corrected chi connectivity index (χ1v) is 11.5. The quantitative estimate of drug-likeness (QED) is 0.427. The highest BCUT2D eigenvalue weighted by Gasteiger charge is 2.29. The zero-order valence-corrected chi connectivity index (χ0v) is 20.0. The minimum atomic E-state index is -0.547. The van der Waals surface area contributed by atoms with Crippen molar-refractivity contribution in [2.45, 2.75) is 26.3 Å². The maximum absolute atomic E-state index is 12.9. The van der Waals surface area contributed by atoms with Crippen LogP contribution in [0.15, 0.2) is 54.6 Å². The van der Waals surface area contributed by atoms with Gasteiger partial charge in [-0.2, -0.15) is 0 Å². The van der Waals surface area contributed by atoms with Gasteiger partial charge in [0.25, 0.3) is 0 Å². The molecule has 2 amide bonds. The third kappa shape index (κ3) is 8.96. The van der Waals surface area contributed by atoms with Crippen molar-refractivity contribution in [3.63, 3.8) is 0 Å². The van der Waals surface area contributed by atoms with E-state index in [4.69, 9.17) is 15.2 Å². The number of hydrogen-bond acceptors (Lipinski definition) is 5. The van der Waals surface area contributed by atoms with Crippen LogP contribution in [0.1, 0.15) is 19.4 Å². The Kier molecular flexibility index (Phi) is 11.6. The number of nitrogens with two attached hydrogens (primary N) is 1. The Morgan fingerprint density at radius 3 is 2.12 bits per heavy atom. The van der Waals surface area contributed by atoms with Crippen molar-refractivity contribution in [3.8, 4) is 11.1 Å². The topological polar surface area (TPSA) is 93.9 Å².